The fraction of sp³-hybridized carbons (Fsp3) is 0.429. The monoisotopic (exact) mass is 232 g/mol. The minimum absolute atomic E-state index is 0.172. The van der Waals surface area contributed by atoms with E-state index in [0.29, 0.717) is 0 Å². The van der Waals surface area contributed by atoms with Crippen molar-refractivity contribution in [3.8, 4) is 0 Å². The van der Waals surface area contributed by atoms with Crippen LogP contribution in [-0.4, -0.2) is 22.7 Å². The number of fused-ring (bicyclic) bond motifs is 1. The molecule has 92 valence electrons. The highest BCUT2D eigenvalue weighted by molar-refractivity contribution is 5.79. The third-order valence-electron chi connectivity index (χ3n) is 3.07. The number of nitrogens with one attached hydrogen (secondary N) is 2. The van der Waals surface area contributed by atoms with Gasteiger partial charge in [-0.2, -0.15) is 0 Å². The van der Waals surface area contributed by atoms with Gasteiger partial charge in [-0.1, -0.05) is 13.0 Å². The fourth-order valence-electron chi connectivity index (χ4n) is 1.92. The number of aliphatic hydroxyl groups excluding tert-OH is 1. The molecule has 0 amide bonds. The van der Waals surface area contributed by atoms with E-state index in [0.717, 1.165) is 25.9 Å². The van der Waals surface area contributed by atoms with Gasteiger partial charge in [0.15, 0.2) is 0 Å². The molecule has 0 radical (unpaired) electrons. The summed E-state index contributed by atoms with van der Waals surface area (Å²) in [6.07, 6.45) is 3.44. The fourth-order valence-corrected chi connectivity index (χ4v) is 1.92. The van der Waals surface area contributed by atoms with E-state index in [2.05, 4.69) is 34.6 Å². The van der Waals surface area contributed by atoms with Gasteiger partial charge in [0.1, 0.15) is 0 Å². The van der Waals surface area contributed by atoms with Gasteiger partial charge in [-0.25, -0.2) is 0 Å². The summed E-state index contributed by atoms with van der Waals surface area (Å²) in [5.41, 5.74) is 2.46. The zero-order valence-corrected chi connectivity index (χ0v) is 10.2. The summed E-state index contributed by atoms with van der Waals surface area (Å²) in [4.78, 5) is 3.18. The van der Waals surface area contributed by atoms with Crippen molar-refractivity contribution in [2.75, 3.05) is 6.54 Å². The number of hydrogen-bond acceptors (Lipinski definition) is 2. The maximum absolute atomic E-state index is 9.42. The third-order valence-corrected chi connectivity index (χ3v) is 3.07. The van der Waals surface area contributed by atoms with Crippen LogP contribution in [0.15, 0.2) is 30.5 Å². The number of H-pyrrole nitrogens is 1. The molecule has 0 saturated heterocycles. The van der Waals surface area contributed by atoms with Gasteiger partial charge in [0.25, 0.3) is 0 Å². The van der Waals surface area contributed by atoms with Crippen LogP contribution in [-0.2, 0) is 6.54 Å². The number of benzene rings is 1. The second kappa shape index (κ2) is 5.84. The van der Waals surface area contributed by atoms with Crippen LogP contribution in [0.4, 0.5) is 0 Å². The Balaban J connectivity index is 1.82. The molecule has 17 heavy (non-hydrogen) atoms. The van der Waals surface area contributed by atoms with Crippen LogP contribution < -0.4 is 5.32 Å². The Kier molecular flexibility index (Phi) is 4.18. The Labute approximate surface area is 102 Å². The summed E-state index contributed by atoms with van der Waals surface area (Å²) < 4.78 is 0. The van der Waals surface area contributed by atoms with Gasteiger partial charge in [0.05, 0.1) is 6.10 Å². The Hall–Kier alpha value is -1.32. The lowest BCUT2D eigenvalue weighted by Gasteiger charge is -2.08. The Morgan fingerprint density at radius 3 is 3.06 bits per heavy atom. The van der Waals surface area contributed by atoms with E-state index in [1.165, 1.54) is 16.5 Å². The van der Waals surface area contributed by atoms with Gasteiger partial charge in [-0.05, 0) is 48.5 Å². The van der Waals surface area contributed by atoms with Gasteiger partial charge in [0.2, 0.25) is 0 Å². The molecule has 0 bridgehead atoms. The Morgan fingerprint density at radius 2 is 2.24 bits per heavy atom. The van der Waals surface area contributed by atoms with Crippen LogP contribution in [0.2, 0.25) is 0 Å². The molecule has 2 rings (SSSR count). The molecule has 0 saturated carbocycles. The highest BCUT2D eigenvalue weighted by Gasteiger charge is 2.00. The smallest absolute Gasteiger partial charge is 0.0549 e. The van der Waals surface area contributed by atoms with Crippen molar-refractivity contribution >= 4 is 10.9 Å². The first-order valence-corrected chi connectivity index (χ1v) is 6.24. The molecule has 1 heterocycles. The standard InChI is InChI=1S/C14H20N2O/c1-2-13(17)6-7-15-10-11-3-4-14-12(9-11)5-8-16-14/h3-5,8-9,13,15-17H,2,6-7,10H2,1H3. The van der Waals surface area contributed by atoms with Crippen molar-refractivity contribution < 1.29 is 5.11 Å². The van der Waals surface area contributed by atoms with Crippen LogP contribution in [0, 0.1) is 0 Å². The number of aromatic nitrogens is 1. The molecule has 0 aliphatic heterocycles. The van der Waals surface area contributed by atoms with E-state index in [4.69, 9.17) is 0 Å². The quantitative estimate of drug-likeness (QED) is 0.670. The van der Waals surface area contributed by atoms with E-state index in [-0.39, 0.29) is 6.10 Å². The number of rotatable bonds is 6. The van der Waals surface area contributed by atoms with Gasteiger partial charge in [-0.15, -0.1) is 0 Å². The number of hydrogen-bond donors (Lipinski definition) is 3. The molecule has 1 unspecified atom stereocenters. The minimum atomic E-state index is -0.172. The second-order valence-electron chi connectivity index (χ2n) is 4.43. The summed E-state index contributed by atoms with van der Waals surface area (Å²) in [7, 11) is 0. The normalized spacial score (nSPS) is 13.1. The summed E-state index contributed by atoms with van der Waals surface area (Å²) in [6, 6.07) is 8.50. The molecule has 2 aromatic rings. The van der Waals surface area contributed by atoms with E-state index in [1.807, 2.05) is 13.1 Å². The first-order chi connectivity index (χ1) is 8.29. The lowest BCUT2D eigenvalue weighted by atomic mass is 10.1. The van der Waals surface area contributed by atoms with Crippen molar-refractivity contribution in [2.45, 2.75) is 32.4 Å². The topological polar surface area (TPSA) is 48.0 Å². The van der Waals surface area contributed by atoms with Crippen molar-refractivity contribution in [3.05, 3.63) is 36.0 Å². The SMILES string of the molecule is CCC(O)CCNCc1ccc2[nH]ccc2c1. The molecule has 0 fully saturated rings. The average Bonchev–Trinajstić information content (AvgIpc) is 2.81. The molecular weight excluding hydrogens is 212 g/mol. The second-order valence-corrected chi connectivity index (χ2v) is 4.43. The predicted octanol–water partition coefficient (Wildman–Crippen LogP) is 2.42. The molecule has 0 aliphatic rings. The molecule has 0 aliphatic carbocycles. The molecule has 1 atom stereocenters. The molecule has 1 aromatic heterocycles. The number of aliphatic hydroxyl groups is 1. The summed E-state index contributed by atoms with van der Waals surface area (Å²) >= 11 is 0. The van der Waals surface area contributed by atoms with Crippen molar-refractivity contribution in [1.29, 1.82) is 0 Å². The largest absolute Gasteiger partial charge is 0.393 e. The van der Waals surface area contributed by atoms with Gasteiger partial charge >= 0.3 is 0 Å². The molecule has 3 nitrogen and oxygen atoms in total. The number of aromatic amines is 1. The average molecular weight is 232 g/mol. The third kappa shape index (κ3) is 3.32. The van der Waals surface area contributed by atoms with Gasteiger partial charge < -0.3 is 15.4 Å². The highest BCUT2D eigenvalue weighted by Crippen LogP contribution is 2.13. The van der Waals surface area contributed by atoms with Crippen LogP contribution in [0.3, 0.4) is 0 Å². The van der Waals surface area contributed by atoms with Crippen molar-refractivity contribution in [1.82, 2.24) is 10.3 Å². The van der Waals surface area contributed by atoms with Gasteiger partial charge in [-0.3, -0.25) is 0 Å². The lowest BCUT2D eigenvalue weighted by molar-refractivity contribution is 0.159. The minimum Gasteiger partial charge on any atom is -0.393 e. The van der Waals surface area contributed by atoms with Crippen LogP contribution >= 0.6 is 0 Å². The van der Waals surface area contributed by atoms with Crippen LogP contribution in [0.25, 0.3) is 10.9 Å². The van der Waals surface area contributed by atoms with E-state index in [1.54, 1.807) is 0 Å². The van der Waals surface area contributed by atoms with Crippen LogP contribution in [0.5, 0.6) is 0 Å². The van der Waals surface area contributed by atoms with E-state index < -0.39 is 0 Å². The summed E-state index contributed by atoms with van der Waals surface area (Å²) in [5.74, 6) is 0. The van der Waals surface area contributed by atoms with Crippen molar-refractivity contribution in [3.63, 3.8) is 0 Å². The Morgan fingerprint density at radius 1 is 1.35 bits per heavy atom. The first-order valence-electron chi connectivity index (χ1n) is 6.24. The molecule has 3 N–H and O–H groups in total. The maximum atomic E-state index is 9.42. The zero-order valence-electron chi connectivity index (χ0n) is 10.2. The molecule has 1 aromatic carbocycles. The summed E-state index contributed by atoms with van der Waals surface area (Å²) in [5, 5.41) is 14.0. The van der Waals surface area contributed by atoms with Crippen molar-refractivity contribution in [2.24, 2.45) is 0 Å². The van der Waals surface area contributed by atoms with E-state index >= 15 is 0 Å². The van der Waals surface area contributed by atoms with Crippen LogP contribution in [0.1, 0.15) is 25.3 Å². The van der Waals surface area contributed by atoms with Gasteiger partial charge in [0, 0.05) is 18.3 Å². The maximum Gasteiger partial charge on any atom is 0.0549 e. The zero-order chi connectivity index (χ0) is 12.1. The predicted molar refractivity (Wildman–Crippen MR) is 70.9 cm³/mol. The van der Waals surface area contributed by atoms with E-state index in [9.17, 15) is 5.11 Å². The first kappa shape index (κ1) is 12.1. The molecular formula is C14H20N2O. The molecule has 3 heteroatoms. The molecule has 0 spiro atoms. The highest BCUT2D eigenvalue weighted by atomic mass is 16.3. The summed E-state index contributed by atoms with van der Waals surface area (Å²) in [6.45, 7) is 3.72. The lowest BCUT2D eigenvalue weighted by Crippen LogP contribution is -2.19. The Bertz CT molecular complexity index is 464.